The Bertz CT molecular complexity index is 3270. The van der Waals surface area contributed by atoms with Gasteiger partial charge in [0, 0.05) is 36.4 Å². The summed E-state index contributed by atoms with van der Waals surface area (Å²) in [6.07, 6.45) is 0. The van der Waals surface area contributed by atoms with Crippen LogP contribution in [0.5, 0.6) is 0 Å². The number of hydrogen-bond donors (Lipinski definition) is 7. The normalized spacial score (nSPS) is 21.7. The van der Waals surface area contributed by atoms with Gasteiger partial charge in [-0.15, -0.1) is 46.2 Å². The number of nitrogen functional groups attached to an aromatic ring is 1. The molecule has 8 rings (SSSR count). The fourth-order valence-corrected chi connectivity index (χ4v) is 12.9. The van der Waals surface area contributed by atoms with Gasteiger partial charge in [0.25, 0.3) is 17.7 Å². The lowest BCUT2D eigenvalue weighted by molar-refractivity contribution is -0.159. The number of β-lactam (4-membered cyclic amide) rings is 2. The summed E-state index contributed by atoms with van der Waals surface area (Å²) in [5.41, 5.74) is 1.76. The zero-order chi connectivity index (χ0) is 51.0. The van der Waals surface area contributed by atoms with Crippen molar-refractivity contribution in [2.24, 2.45) is 24.4 Å². The molecule has 0 spiro atoms. The lowest BCUT2D eigenvalue weighted by atomic mass is 9.98. The largest absolute Gasteiger partial charge is 0.479 e. The molecule has 0 saturated carbocycles. The number of aliphatic carboxylic acids is 1. The molecule has 2 saturated heterocycles. The second-order valence-electron chi connectivity index (χ2n) is 14.8. The van der Waals surface area contributed by atoms with Crippen LogP contribution in [0.15, 0.2) is 72.5 Å². The standard InChI is InChI=1S/C36H34N16O13S6/c1-49-35(43-24(56)26(58)45-49)70-7-11-5-66-30-17(40-21(53)15(47-64-3)13-9-68-33(37)38-13)28(60)51(30)19(11)23(55)42-34-39-14(10-69-34)16(48-65-4)22(54)41-18-29(61)52-20(32(62)63)12(6-67-31(18)52)8-71-36-44-25(57)27(59)46-50(36)2/h5-6,9-10,17-20,30-31H,7-8H2,1-4H3,(H2,37,38)(H,40,53)(H,41,54)(H,45,58)(H,46,59)(H,62,63)(H,39,42,55)/b47-15-,48-16-/t17-,18-,19?,20?,30-,31-/m1/s1. The van der Waals surface area contributed by atoms with Gasteiger partial charge in [-0.1, -0.05) is 33.8 Å². The number of fused-ring (bicyclic) bond motifs is 2. The van der Waals surface area contributed by atoms with E-state index < -0.39 is 98.4 Å². The first-order valence-corrected chi connectivity index (χ1v) is 25.5. The molecule has 0 radical (unpaired) electrons. The molecule has 5 amide bonds. The van der Waals surface area contributed by atoms with Gasteiger partial charge in [0.05, 0.1) is 0 Å². The predicted molar refractivity (Wildman–Crippen MR) is 258 cm³/mol. The number of amides is 5. The average Bonchev–Trinajstić information content (AvgIpc) is 3.99. The van der Waals surface area contributed by atoms with Gasteiger partial charge < -0.3 is 40.9 Å². The fraction of sp³-hybridized carbons (Fsp3) is 0.333. The lowest BCUT2D eigenvalue weighted by Gasteiger charge is -2.52. The van der Waals surface area contributed by atoms with Crippen LogP contribution in [0, 0.1) is 0 Å². The van der Waals surface area contributed by atoms with Crippen LogP contribution in [0.25, 0.3) is 0 Å². The maximum Gasteiger partial charge on any atom is 0.339 e. The zero-order valence-electron chi connectivity index (χ0n) is 36.5. The van der Waals surface area contributed by atoms with Gasteiger partial charge >= 0.3 is 28.2 Å². The van der Waals surface area contributed by atoms with E-state index in [0.29, 0.717) is 5.57 Å². The number of hydrogen-bond acceptors (Lipinski definition) is 25. The number of oxime groups is 2. The number of nitrogens with zero attached hydrogens (tertiary/aromatic N) is 10. The number of carboxylic acids is 1. The Morgan fingerprint density at radius 1 is 0.732 bits per heavy atom. The van der Waals surface area contributed by atoms with Crippen LogP contribution in [-0.2, 0) is 52.5 Å². The van der Waals surface area contributed by atoms with Crippen molar-refractivity contribution in [2.75, 3.05) is 36.8 Å². The first-order valence-electron chi connectivity index (χ1n) is 19.9. The number of nitrogens with two attached hydrogens (primary N) is 1. The van der Waals surface area contributed by atoms with Crippen molar-refractivity contribution in [3.63, 3.8) is 0 Å². The minimum atomic E-state index is -1.43. The number of carboxylic acid groups (broad SMARTS) is 1. The third-order valence-corrected chi connectivity index (χ3v) is 16.4. The molecular weight excluding hydrogens is 1060 g/mol. The van der Waals surface area contributed by atoms with E-state index in [2.05, 4.69) is 56.4 Å². The number of carbonyl (C=O) groups is 6. The summed E-state index contributed by atoms with van der Waals surface area (Å²) < 4.78 is 2.43. The molecule has 71 heavy (non-hydrogen) atoms. The fourth-order valence-electron chi connectivity index (χ4n) is 7.17. The van der Waals surface area contributed by atoms with E-state index >= 15 is 0 Å². The number of aromatic nitrogens is 8. The molecule has 29 nitrogen and oxygen atoms in total. The number of H-pyrrole nitrogens is 2. The molecule has 4 aromatic rings. The van der Waals surface area contributed by atoms with Crippen molar-refractivity contribution < 1.29 is 43.5 Å². The summed E-state index contributed by atoms with van der Waals surface area (Å²) >= 11 is 6.07. The monoisotopic (exact) mass is 1090 g/mol. The van der Waals surface area contributed by atoms with Crippen LogP contribution in [-0.4, -0.2) is 162 Å². The first-order chi connectivity index (χ1) is 33.9. The minimum Gasteiger partial charge on any atom is -0.479 e. The minimum absolute atomic E-state index is 0.0196. The summed E-state index contributed by atoms with van der Waals surface area (Å²) in [5.74, 6) is -5.29. The topological polar surface area (TPSA) is 396 Å². The van der Waals surface area contributed by atoms with Gasteiger partial charge in [0.2, 0.25) is 11.8 Å². The molecule has 0 aliphatic carbocycles. The van der Waals surface area contributed by atoms with Crippen LogP contribution in [0.4, 0.5) is 10.3 Å². The maximum atomic E-state index is 14.3. The van der Waals surface area contributed by atoms with Gasteiger partial charge in [-0.2, -0.15) is 9.97 Å². The Balaban J connectivity index is 0.971. The molecule has 35 heteroatoms. The van der Waals surface area contributed by atoms with E-state index in [1.165, 1.54) is 51.6 Å². The van der Waals surface area contributed by atoms with Gasteiger partial charge in [0.1, 0.15) is 54.5 Å². The number of rotatable bonds is 17. The molecule has 8 heterocycles. The smallest absolute Gasteiger partial charge is 0.339 e. The molecule has 0 aromatic carbocycles. The van der Waals surface area contributed by atoms with Crippen molar-refractivity contribution in [3.05, 3.63) is 85.5 Å². The third kappa shape index (κ3) is 9.99. The highest BCUT2D eigenvalue weighted by Crippen LogP contribution is 2.43. The number of anilines is 2. The Morgan fingerprint density at radius 3 is 1.66 bits per heavy atom. The Morgan fingerprint density at radius 2 is 1.20 bits per heavy atom. The molecule has 2 fully saturated rings. The van der Waals surface area contributed by atoms with Crippen LogP contribution in [0.3, 0.4) is 0 Å². The molecule has 8 N–H and O–H groups in total. The van der Waals surface area contributed by atoms with Crippen molar-refractivity contribution >= 4 is 127 Å². The molecule has 372 valence electrons. The van der Waals surface area contributed by atoms with Crippen molar-refractivity contribution in [3.8, 4) is 0 Å². The van der Waals surface area contributed by atoms with E-state index in [1.807, 2.05) is 0 Å². The number of thioether (sulfide) groups is 4. The van der Waals surface area contributed by atoms with Crippen molar-refractivity contribution in [2.45, 2.75) is 45.2 Å². The second kappa shape index (κ2) is 20.7. The number of aromatic amines is 2. The van der Waals surface area contributed by atoms with E-state index in [0.717, 1.165) is 81.7 Å². The lowest BCUT2D eigenvalue weighted by Crippen LogP contribution is -2.74. The zero-order valence-corrected chi connectivity index (χ0v) is 41.4. The average molecular weight is 1090 g/mol. The van der Waals surface area contributed by atoms with Gasteiger partial charge in [0.15, 0.2) is 38.0 Å². The maximum absolute atomic E-state index is 14.3. The predicted octanol–water partition coefficient (Wildman–Crippen LogP) is -2.94. The second-order valence-corrected chi connectivity index (χ2v) is 20.4. The van der Waals surface area contributed by atoms with E-state index in [1.54, 1.807) is 5.41 Å². The van der Waals surface area contributed by atoms with Crippen LogP contribution in [0.2, 0.25) is 0 Å². The number of aryl methyl sites for hydroxylation is 2. The Kier molecular flexibility index (Phi) is 14.7. The number of nitrogens with one attached hydrogen (secondary N) is 5. The van der Waals surface area contributed by atoms with Gasteiger partial charge in [-0.25, -0.2) is 14.8 Å². The summed E-state index contributed by atoms with van der Waals surface area (Å²) in [7, 11) is 5.27. The number of carbonyl (C=O) groups excluding carboxylic acids is 5. The first kappa shape index (κ1) is 50.3. The van der Waals surface area contributed by atoms with Gasteiger partial charge in [-0.3, -0.25) is 68.0 Å². The molecule has 2 unspecified atom stereocenters. The SMILES string of the molecule is CO/N=C(\C(=O)N[C@@H]1C(=O)N2C(C(=O)O)C(CSc3nc(=O)c(=O)[nH]n3C)=CS[C@H]12)c1csc(NC(=O)C2C(CSc3nc(=O)c(=O)[nH]n3C)=CS[C@@H]3[C@H](NC(=O)/C(=N\OC)c4csc(N)n4)C(=O)N23)n1. The van der Waals surface area contributed by atoms with Crippen molar-refractivity contribution in [1.29, 1.82) is 0 Å². The Labute approximate surface area is 420 Å². The number of thiazole rings is 2. The molecule has 4 aliphatic heterocycles. The summed E-state index contributed by atoms with van der Waals surface area (Å²) in [4.78, 5) is 157. The highest BCUT2D eigenvalue weighted by atomic mass is 32.2. The van der Waals surface area contributed by atoms with Gasteiger partial charge in [-0.05, 0) is 22.0 Å². The van der Waals surface area contributed by atoms with E-state index in [9.17, 15) is 53.1 Å². The van der Waals surface area contributed by atoms with Crippen LogP contribution >= 0.6 is 69.7 Å². The highest BCUT2D eigenvalue weighted by Gasteiger charge is 2.57. The molecule has 6 atom stereocenters. The molecular formula is C36H34N16O13S6. The molecule has 4 aromatic heterocycles. The summed E-state index contributed by atoms with van der Waals surface area (Å²) in [6, 6.07) is -5.13. The molecule has 4 aliphatic rings. The Hall–Kier alpha value is -7.08. The summed E-state index contributed by atoms with van der Waals surface area (Å²) in [6.45, 7) is 0. The quantitative estimate of drug-likeness (QED) is 0.0183. The van der Waals surface area contributed by atoms with E-state index in [4.69, 9.17) is 15.4 Å². The highest BCUT2D eigenvalue weighted by molar-refractivity contribution is 8.03. The van der Waals surface area contributed by atoms with E-state index in [-0.39, 0.29) is 54.8 Å². The van der Waals surface area contributed by atoms with Crippen LogP contribution in [0.1, 0.15) is 11.4 Å². The summed E-state index contributed by atoms with van der Waals surface area (Å²) in [5, 5.41) is 34.8. The molecule has 0 bridgehead atoms. The van der Waals surface area contributed by atoms with Crippen molar-refractivity contribution in [1.82, 2.24) is 59.9 Å². The third-order valence-electron chi connectivity index (χ3n) is 10.4. The van der Waals surface area contributed by atoms with Crippen LogP contribution < -0.4 is 43.9 Å².